The van der Waals surface area contributed by atoms with Crippen molar-refractivity contribution in [3.63, 3.8) is 0 Å². The van der Waals surface area contributed by atoms with E-state index in [9.17, 15) is 4.79 Å². The van der Waals surface area contributed by atoms with Crippen LogP contribution >= 0.6 is 11.6 Å². The van der Waals surface area contributed by atoms with E-state index in [1.165, 1.54) is 0 Å². The Bertz CT molecular complexity index is 1070. The van der Waals surface area contributed by atoms with E-state index in [4.69, 9.17) is 16.3 Å². The van der Waals surface area contributed by atoms with Crippen LogP contribution in [0.3, 0.4) is 0 Å². The maximum absolute atomic E-state index is 12.3. The third-order valence-corrected chi connectivity index (χ3v) is 4.35. The third kappa shape index (κ3) is 3.78. The van der Waals surface area contributed by atoms with Crippen molar-refractivity contribution in [2.24, 2.45) is 0 Å². The summed E-state index contributed by atoms with van der Waals surface area (Å²) >= 11 is 6.04. The first kappa shape index (κ1) is 17.1. The Morgan fingerprint density at radius 2 is 1.81 bits per heavy atom. The summed E-state index contributed by atoms with van der Waals surface area (Å²) in [4.78, 5) is 17.0. The number of imidazole rings is 1. The Balaban J connectivity index is 1.52. The summed E-state index contributed by atoms with van der Waals surface area (Å²) in [5.74, 6) is 0.203. The molecule has 27 heavy (non-hydrogen) atoms. The average molecular weight is 378 g/mol. The molecule has 1 N–H and O–H groups in total. The van der Waals surface area contributed by atoms with Gasteiger partial charge < -0.3 is 14.5 Å². The van der Waals surface area contributed by atoms with E-state index in [1.807, 2.05) is 59.3 Å². The second-order valence-corrected chi connectivity index (χ2v) is 6.31. The van der Waals surface area contributed by atoms with Crippen molar-refractivity contribution in [3.8, 4) is 17.0 Å². The number of benzene rings is 2. The van der Waals surface area contributed by atoms with Gasteiger partial charge in [-0.1, -0.05) is 48.0 Å². The second kappa shape index (κ2) is 7.51. The number of halogens is 1. The van der Waals surface area contributed by atoms with Gasteiger partial charge in [-0.15, -0.1) is 0 Å². The highest BCUT2D eigenvalue weighted by Gasteiger charge is 2.12. The van der Waals surface area contributed by atoms with Crippen molar-refractivity contribution in [2.45, 2.75) is 0 Å². The van der Waals surface area contributed by atoms with Gasteiger partial charge in [0.1, 0.15) is 11.4 Å². The zero-order chi connectivity index (χ0) is 18.6. The van der Waals surface area contributed by atoms with E-state index >= 15 is 0 Å². The molecule has 5 nitrogen and oxygen atoms in total. The van der Waals surface area contributed by atoms with E-state index in [0.29, 0.717) is 16.5 Å². The van der Waals surface area contributed by atoms with E-state index in [-0.39, 0.29) is 12.5 Å². The highest BCUT2D eigenvalue weighted by atomic mass is 35.5. The standard InChI is InChI=1S/C21H16ClN3O2/c22-16-8-2-4-10-19(16)27-14-21(26)24-17-9-3-1-7-15(17)18-13-25-12-6-5-11-20(25)23-18/h1-13H,14H2,(H,24,26). The van der Waals surface area contributed by atoms with Crippen LogP contribution in [0.25, 0.3) is 16.9 Å². The summed E-state index contributed by atoms with van der Waals surface area (Å²) in [6.45, 7) is -0.136. The maximum Gasteiger partial charge on any atom is 0.262 e. The van der Waals surface area contributed by atoms with Gasteiger partial charge in [-0.05, 0) is 30.3 Å². The van der Waals surface area contributed by atoms with Gasteiger partial charge >= 0.3 is 0 Å². The lowest BCUT2D eigenvalue weighted by atomic mass is 10.1. The first-order valence-electron chi connectivity index (χ1n) is 8.41. The van der Waals surface area contributed by atoms with Gasteiger partial charge in [0, 0.05) is 18.0 Å². The van der Waals surface area contributed by atoms with Gasteiger partial charge in [-0.3, -0.25) is 4.79 Å². The molecule has 2 heterocycles. The van der Waals surface area contributed by atoms with Crippen molar-refractivity contribution < 1.29 is 9.53 Å². The Kier molecular flexibility index (Phi) is 4.77. The lowest BCUT2D eigenvalue weighted by molar-refractivity contribution is -0.118. The Morgan fingerprint density at radius 3 is 2.67 bits per heavy atom. The number of nitrogens with one attached hydrogen (secondary N) is 1. The fourth-order valence-corrected chi connectivity index (χ4v) is 2.96. The minimum absolute atomic E-state index is 0.136. The number of rotatable bonds is 5. The van der Waals surface area contributed by atoms with E-state index in [1.54, 1.807) is 24.3 Å². The number of aromatic nitrogens is 2. The second-order valence-electron chi connectivity index (χ2n) is 5.91. The molecule has 2 aromatic carbocycles. The highest BCUT2D eigenvalue weighted by Crippen LogP contribution is 2.27. The van der Waals surface area contributed by atoms with Gasteiger partial charge in [-0.2, -0.15) is 0 Å². The summed E-state index contributed by atoms with van der Waals surface area (Å²) in [6, 6.07) is 20.4. The monoisotopic (exact) mass is 377 g/mol. The van der Waals surface area contributed by atoms with E-state index in [0.717, 1.165) is 16.9 Å². The molecule has 4 rings (SSSR count). The molecular formula is C21H16ClN3O2. The number of hydrogen-bond donors (Lipinski definition) is 1. The molecule has 0 saturated heterocycles. The van der Waals surface area contributed by atoms with Gasteiger partial charge in [0.05, 0.1) is 16.4 Å². The molecule has 134 valence electrons. The molecule has 0 saturated carbocycles. The molecule has 0 fully saturated rings. The van der Waals surface area contributed by atoms with Crippen LogP contribution < -0.4 is 10.1 Å². The molecule has 0 atom stereocenters. The Labute approximate surface area is 161 Å². The van der Waals surface area contributed by atoms with Crippen LogP contribution in [-0.2, 0) is 4.79 Å². The molecule has 2 aromatic heterocycles. The predicted octanol–water partition coefficient (Wildman–Crippen LogP) is 4.67. The van der Waals surface area contributed by atoms with Crippen LogP contribution in [-0.4, -0.2) is 21.9 Å². The zero-order valence-corrected chi connectivity index (χ0v) is 15.1. The first-order chi connectivity index (χ1) is 13.2. The van der Waals surface area contributed by atoms with Crippen molar-refractivity contribution in [1.29, 1.82) is 0 Å². The van der Waals surface area contributed by atoms with Gasteiger partial charge in [0.2, 0.25) is 0 Å². The summed E-state index contributed by atoms with van der Waals surface area (Å²) in [7, 11) is 0. The van der Waals surface area contributed by atoms with Crippen LogP contribution in [0.15, 0.2) is 79.1 Å². The summed E-state index contributed by atoms with van der Waals surface area (Å²) < 4.78 is 7.44. The number of hydrogen-bond acceptors (Lipinski definition) is 3. The van der Waals surface area contributed by atoms with E-state index in [2.05, 4.69) is 10.3 Å². The molecule has 0 aliphatic carbocycles. The number of pyridine rings is 1. The van der Waals surface area contributed by atoms with E-state index < -0.39 is 0 Å². The molecular weight excluding hydrogens is 362 g/mol. The SMILES string of the molecule is O=C(COc1ccccc1Cl)Nc1ccccc1-c1cn2ccccc2n1. The predicted molar refractivity (Wildman–Crippen MR) is 106 cm³/mol. The number of fused-ring (bicyclic) bond motifs is 1. The highest BCUT2D eigenvalue weighted by molar-refractivity contribution is 6.32. The number of ether oxygens (including phenoxy) is 1. The molecule has 0 bridgehead atoms. The largest absolute Gasteiger partial charge is 0.482 e. The molecule has 0 unspecified atom stereocenters. The lowest BCUT2D eigenvalue weighted by Crippen LogP contribution is -2.20. The van der Waals surface area contributed by atoms with Gasteiger partial charge in [0.25, 0.3) is 5.91 Å². The fraction of sp³-hybridized carbons (Fsp3) is 0.0476. The molecule has 0 spiro atoms. The Morgan fingerprint density at radius 1 is 1.04 bits per heavy atom. The number of amides is 1. The van der Waals surface area contributed by atoms with Crippen molar-refractivity contribution in [1.82, 2.24) is 9.38 Å². The number of anilines is 1. The van der Waals surface area contributed by atoms with Crippen LogP contribution in [0.2, 0.25) is 5.02 Å². The van der Waals surface area contributed by atoms with Crippen LogP contribution in [0.1, 0.15) is 0 Å². The normalized spacial score (nSPS) is 10.7. The van der Waals surface area contributed by atoms with Crippen LogP contribution in [0.4, 0.5) is 5.69 Å². The minimum atomic E-state index is -0.272. The third-order valence-electron chi connectivity index (χ3n) is 4.04. The fourth-order valence-electron chi connectivity index (χ4n) is 2.77. The minimum Gasteiger partial charge on any atom is -0.482 e. The Hall–Kier alpha value is -3.31. The van der Waals surface area contributed by atoms with Gasteiger partial charge in [0.15, 0.2) is 6.61 Å². The molecule has 0 radical (unpaired) electrons. The molecule has 4 aromatic rings. The van der Waals surface area contributed by atoms with Crippen LogP contribution in [0, 0.1) is 0 Å². The molecule has 6 heteroatoms. The summed E-state index contributed by atoms with van der Waals surface area (Å²) in [6.07, 6.45) is 3.87. The average Bonchev–Trinajstić information content (AvgIpc) is 3.12. The first-order valence-corrected chi connectivity index (χ1v) is 8.79. The smallest absolute Gasteiger partial charge is 0.262 e. The van der Waals surface area contributed by atoms with Crippen molar-refractivity contribution in [2.75, 3.05) is 11.9 Å². The summed E-state index contributed by atoms with van der Waals surface area (Å²) in [5, 5.41) is 3.35. The molecule has 1 amide bonds. The lowest BCUT2D eigenvalue weighted by Gasteiger charge is -2.11. The quantitative estimate of drug-likeness (QED) is 0.549. The van der Waals surface area contributed by atoms with Crippen molar-refractivity contribution in [3.05, 3.63) is 84.1 Å². The maximum atomic E-state index is 12.3. The number of nitrogens with zero attached hydrogens (tertiary/aromatic N) is 2. The van der Waals surface area contributed by atoms with Gasteiger partial charge in [-0.25, -0.2) is 4.98 Å². The van der Waals surface area contributed by atoms with Crippen LogP contribution in [0.5, 0.6) is 5.75 Å². The summed E-state index contributed by atoms with van der Waals surface area (Å²) in [5.41, 5.74) is 3.14. The molecule has 0 aliphatic rings. The number of para-hydroxylation sites is 2. The topological polar surface area (TPSA) is 55.6 Å². The molecule has 0 aliphatic heterocycles. The van der Waals surface area contributed by atoms with Crippen molar-refractivity contribution >= 4 is 28.8 Å². The number of carbonyl (C=O) groups excluding carboxylic acids is 1. The zero-order valence-electron chi connectivity index (χ0n) is 14.3. The number of carbonyl (C=O) groups is 1.